The van der Waals surface area contributed by atoms with Gasteiger partial charge in [0, 0.05) is 25.8 Å². The van der Waals surface area contributed by atoms with Crippen LogP contribution >= 0.6 is 0 Å². The molecule has 1 aliphatic heterocycles. The van der Waals surface area contributed by atoms with Crippen molar-refractivity contribution in [3.8, 4) is 0 Å². The number of amides is 1. The summed E-state index contributed by atoms with van der Waals surface area (Å²) in [6.45, 7) is 3.22. The van der Waals surface area contributed by atoms with Gasteiger partial charge in [0.25, 0.3) is 5.91 Å². The van der Waals surface area contributed by atoms with Gasteiger partial charge in [0.2, 0.25) is 10.0 Å². The van der Waals surface area contributed by atoms with Gasteiger partial charge in [-0.05, 0) is 44.4 Å². The number of sulfonamides is 1. The monoisotopic (exact) mass is 365 g/mol. The molecule has 0 aliphatic carbocycles. The lowest BCUT2D eigenvalue weighted by Crippen LogP contribution is -2.36. The first-order chi connectivity index (χ1) is 11.9. The van der Waals surface area contributed by atoms with Crippen LogP contribution in [0.2, 0.25) is 0 Å². The van der Waals surface area contributed by atoms with Crippen LogP contribution < -0.4 is 4.72 Å². The van der Waals surface area contributed by atoms with E-state index in [4.69, 9.17) is 4.42 Å². The van der Waals surface area contributed by atoms with Gasteiger partial charge in [0.15, 0.2) is 0 Å². The quantitative estimate of drug-likeness (QED) is 0.879. The van der Waals surface area contributed by atoms with Crippen molar-refractivity contribution in [2.75, 3.05) is 13.1 Å². The second-order valence-corrected chi connectivity index (χ2v) is 8.03. The topological polar surface area (TPSA) is 84.5 Å². The first kappa shape index (κ1) is 17.8. The zero-order valence-corrected chi connectivity index (χ0v) is 15.3. The smallest absolute Gasteiger partial charge is 0.270 e. The summed E-state index contributed by atoms with van der Waals surface area (Å²) in [4.78, 5) is 14.7. The molecular weight excluding hydrogens is 342 g/mol. The van der Waals surface area contributed by atoms with Crippen LogP contribution in [0.1, 0.15) is 41.2 Å². The predicted octanol–water partition coefficient (Wildman–Crippen LogP) is 2.03. The molecule has 2 aromatic rings. The molecule has 136 valence electrons. The molecule has 0 spiro atoms. The van der Waals surface area contributed by atoms with E-state index in [1.165, 1.54) is 12.3 Å². The third-order valence-corrected chi connectivity index (χ3v) is 6.17. The lowest BCUT2D eigenvalue weighted by Gasteiger charge is -2.26. The molecule has 1 amide bonds. The van der Waals surface area contributed by atoms with Crippen molar-refractivity contribution < 1.29 is 17.6 Å². The molecule has 0 aromatic carbocycles. The van der Waals surface area contributed by atoms with Crippen LogP contribution in [0.4, 0.5) is 0 Å². The number of nitrogens with one attached hydrogen (secondary N) is 1. The molecule has 2 aromatic heterocycles. The summed E-state index contributed by atoms with van der Waals surface area (Å²) in [5, 5.41) is 0. The molecule has 1 fully saturated rings. The van der Waals surface area contributed by atoms with Crippen LogP contribution in [-0.4, -0.2) is 36.9 Å². The minimum Gasteiger partial charge on any atom is -0.468 e. The maximum absolute atomic E-state index is 12.7. The highest BCUT2D eigenvalue weighted by Gasteiger charge is 2.27. The lowest BCUT2D eigenvalue weighted by atomic mass is 10.1. The number of piperidine rings is 1. The Morgan fingerprint density at radius 2 is 2.00 bits per heavy atom. The van der Waals surface area contributed by atoms with E-state index < -0.39 is 10.0 Å². The largest absolute Gasteiger partial charge is 0.468 e. The molecule has 7 nitrogen and oxygen atoms in total. The normalized spacial score (nSPS) is 15.5. The van der Waals surface area contributed by atoms with Crippen LogP contribution in [0.15, 0.2) is 33.8 Å². The molecule has 0 radical (unpaired) electrons. The Kier molecular flexibility index (Phi) is 5.01. The third kappa shape index (κ3) is 3.64. The van der Waals surface area contributed by atoms with Gasteiger partial charge in [-0.2, -0.15) is 0 Å². The number of hydrogen-bond acceptors (Lipinski definition) is 4. The SMILES string of the molecule is Cc1c(S(=O)(=O)NCc2ccco2)cc(C(=O)N2CCCCC2)n1C. The number of hydrogen-bond donors (Lipinski definition) is 1. The van der Waals surface area contributed by atoms with Crippen molar-refractivity contribution in [1.29, 1.82) is 0 Å². The minimum atomic E-state index is -3.73. The van der Waals surface area contributed by atoms with Gasteiger partial charge in [-0.15, -0.1) is 0 Å². The standard InChI is InChI=1S/C17H23N3O4S/c1-13-16(25(22,23)18-12-14-7-6-10-24-14)11-15(19(13)2)17(21)20-8-4-3-5-9-20/h6-7,10-11,18H,3-5,8-9,12H2,1-2H3. The predicted molar refractivity (Wildman–Crippen MR) is 92.6 cm³/mol. The van der Waals surface area contributed by atoms with E-state index in [1.807, 2.05) is 0 Å². The summed E-state index contributed by atoms with van der Waals surface area (Å²) in [7, 11) is -2.01. The van der Waals surface area contributed by atoms with Gasteiger partial charge >= 0.3 is 0 Å². The van der Waals surface area contributed by atoms with Gasteiger partial charge in [-0.3, -0.25) is 4.79 Å². The highest BCUT2D eigenvalue weighted by molar-refractivity contribution is 7.89. The summed E-state index contributed by atoms with van der Waals surface area (Å²) in [5.41, 5.74) is 0.935. The molecule has 0 atom stereocenters. The number of likely N-dealkylation sites (tertiary alicyclic amines) is 1. The van der Waals surface area contributed by atoms with Crippen molar-refractivity contribution in [2.24, 2.45) is 7.05 Å². The Bertz CT molecular complexity index is 847. The van der Waals surface area contributed by atoms with Crippen molar-refractivity contribution in [2.45, 2.75) is 37.6 Å². The maximum Gasteiger partial charge on any atom is 0.270 e. The van der Waals surface area contributed by atoms with Crippen molar-refractivity contribution in [3.05, 3.63) is 41.6 Å². The number of nitrogens with zero attached hydrogens (tertiary/aromatic N) is 2. The first-order valence-corrected chi connectivity index (χ1v) is 9.86. The number of aromatic nitrogens is 1. The molecule has 1 N–H and O–H groups in total. The van der Waals surface area contributed by atoms with E-state index in [-0.39, 0.29) is 17.3 Å². The zero-order valence-electron chi connectivity index (χ0n) is 14.5. The van der Waals surface area contributed by atoms with E-state index in [0.29, 0.717) is 17.1 Å². The van der Waals surface area contributed by atoms with E-state index in [0.717, 1.165) is 32.4 Å². The molecule has 0 saturated carbocycles. The van der Waals surface area contributed by atoms with Crippen molar-refractivity contribution >= 4 is 15.9 Å². The second kappa shape index (κ2) is 7.05. The fourth-order valence-corrected chi connectivity index (χ4v) is 4.35. The minimum absolute atomic E-state index is 0.0685. The summed E-state index contributed by atoms with van der Waals surface area (Å²) in [5.74, 6) is 0.416. The summed E-state index contributed by atoms with van der Waals surface area (Å²) in [6.07, 6.45) is 4.61. The first-order valence-electron chi connectivity index (χ1n) is 8.38. The fraction of sp³-hybridized carbons (Fsp3) is 0.471. The maximum atomic E-state index is 12.7. The highest BCUT2D eigenvalue weighted by atomic mass is 32.2. The molecule has 0 unspecified atom stereocenters. The second-order valence-electron chi connectivity index (χ2n) is 6.30. The van der Waals surface area contributed by atoms with Crippen LogP contribution in [0.25, 0.3) is 0 Å². The van der Waals surface area contributed by atoms with Crippen molar-refractivity contribution in [3.63, 3.8) is 0 Å². The van der Waals surface area contributed by atoms with Crippen LogP contribution in [0, 0.1) is 6.92 Å². The van der Waals surface area contributed by atoms with E-state index in [1.54, 1.807) is 35.6 Å². The molecule has 25 heavy (non-hydrogen) atoms. The summed E-state index contributed by atoms with van der Waals surface area (Å²) < 4.78 is 34.6. The van der Waals surface area contributed by atoms with Gasteiger partial charge in [0.1, 0.15) is 16.3 Å². The van der Waals surface area contributed by atoms with E-state index >= 15 is 0 Å². The summed E-state index contributed by atoms with van der Waals surface area (Å²) >= 11 is 0. The van der Waals surface area contributed by atoms with Gasteiger partial charge in [-0.25, -0.2) is 13.1 Å². The Morgan fingerprint density at radius 3 is 2.64 bits per heavy atom. The van der Waals surface area contributed by atoms with Gasteiger partial charge in [0.05, 0.1) is 12.8 Å². The summed E-state index contributed by atoms with van der Waals surface area (Å²) in [6, 6.07) is 4.87. The Labute approximate surface area is 147 Å². The van der Waals surface area contributed by atoms with E-state index in [9.17, 15) is 13.2 Å². The molecule has 1 saturated heterocycles. The number of carbonyl (C=O) groups is 1. The third-order valence-electron chi connectivity index (χ3n) is 4.66. The van der Waals surface area contributed by atoms with Crippen molar-refractivity contribution in [1.82, 2.24) is 14.2 Å². The van der Waals surface area contributed by atoms with Gasteiger partial charge in [-0.1, -0.05) is 0 Å². The van der Waals surface area contributed by atoms with E-state index in [2.05, 4.69) is 4.72 Å². The Morgan fingerprint density at radius 1 is 1.28 bits per heavy atom. The highest BCUT2D eigenvalue weighted by Crippen LogP contribution is 2.22. The average molecular weight is 365 g/mol. The number of furan rings is 1. The number of rotatable bonds is 5. The number of carbonyl (C=O) groups excluding carboxylic acids is 1. The van der Waals surface area contributed by atoms with Gasteiger partial charge < -0.3 is 13.9 Å². The van der Waals surface area contributed by atoms with Crippen LogP contribution in [0.3, 0.4) is 0 Å². The molecule has 1 aliphatic rings. The average Bonchev–Trinajstić information content (AvgIpc) is 3.23. The zero-order chi connectivity index (χ0) is 18.0. The lowest BCUT2D eigenvalue weighted by molar-refractivity contribution is 0.0714. The molecule has 8 heteroatoms. The Balaban J connectivity index is 1.83. The Hall–Kier alpha value is -2.06. The van der Waals surface area contributed by atoms with Crippen LogP contribution in [-0.2, 0) is 23.6 Å². The molecule has 3 heterocycles. The van der Waals surface area contributed by atoms with Crippen LogP contribution in [0.5, 0.6) is 0 Å². The molecular formula is C17H23N3O4S. The molecule has 0 bridgehead atoms. The molecule has 3 rings (SSSR count). The fourth-order valence-electron chi connectivity index (χ4n) is 3.06.